The van der Waals surface area contributed by atoms with Crippen molar-refractivity contribution in [3.63, 3.8) is 0 Å². The Balaban J connectivity index is 0.000000775. The molecule has 32 heavy (non-hydrogen) atoms. The minimum atomic E-state index is -1.20. The Hall–Kier alpha value is -3.54. The highest BCUT2D eigenvalue weighted by atomic mass is 16.5. The number of ether oxygens (including phenoxy) is 2. The van der Waals surface area contributed by atoms with Crippen LogP contribution in [0.4, 0.5) is 0 Å². The molecule has 1 aromatic heterocycles. The number of hydrogen-bond acceptors (Lipinski definition) is 4. The van der Waals surface area contributed by atoms with Gasteiger partial charge in [-0.15, -0.1) is 0 Å². The van der Waals surface area contributed by atoms with Crippen molar-refractivity contribution in [1.82, 2.24) is 4.57 Å². The predicted molar refractivity (Wildman–Crippen MR) is 124 cm³/mol. The van der Waals surface area contributed by atoms with Crippen LogP contribution in [0, 0.1) is 0 Å². The molecule has 0 saturated heterocycles. The highest BCUT2D eigenvalue weighted by Crippen LogP contribution is 2.45. The summed E-state index contributed by atoms with van der Waals surface area (Å²) in [5.74, 6) is 0.458. The molecular weight excluding hydrogens is 406 g/mol. The molecule has 0 amide bonds. The Morgan fingerprint density at radius 2 is 1.91 bits per heavy atom. The third-order valence-electron chi connectivity index (χ3n) is 5.71. The van der Waals surface area contributed by atoms with Crippen molar-refractivity contribution < 1.29 is 19.4 Å². The fourth-order valence-corrected chi connectivity index (χ4v) is 4.35. The fourth-order valence-electron chi connectivity index (χ4n) is 4.35. The molecule has 0 spiro atoms. The van der Waals surface area contributed by atoms with Gasteiger partial charge in [-0.3, -0.25) is 4.79 Å². The summed E-state index contributed by atoms with van der Waals surface area (Å²) in [6.07, 6.45) is 4.30. The molecule has 0 radical (unpaired) electrons. The molecule has 0 atom stereocenters. The zero-order valence-corrected chi connectivity index (χ0v) is 18.6. The van der Waals surface area contributed by atoms with Crippen molar-refractivity contribution in [2.45, 2.75) is 39.7 Å². The summed E-state index contributed by atoms with van der Waals surface area (Å²) in [7, 11) is 1.63. The summed E-state index contributed by atoms with van der Waals surface area (Å²) in [5.41, 5.74) is 5.34. The Labute approximate surface area is 187 Å². The van der Waals surface area contributed by atoms with Gasteiger partial charge in [0, 0.05) is 41.9 Å². The van der Waals surface area contributed by atoms with Gasteiger partial charge in [0.15, 0.2) is 5.43 Å². The van der Waals surface area contributed by atoms with Crippen LogP contribution in [0.5, 0.6) is 11.5 Å². The van der Waals surface area contributed by atoms with Crippen molar-refractivity contribution >= 4 is 5.97 Å². The Kier molecular flexibility index (Phi) is 6.04. The maximum atomic E-state index is 12.4. The van der Waals surface area contributed by atoms with E-state index in [0.29, 0.717) is 13.2 Å². The van der Waals surface area contributed by atoms with Gasteiger partial charge in [-0.2, -0.15) is 0 Å². The molecule has 3 heterocycles. The molecule has 6 heteroatoms. The van der Waals surface area contributed by atoms with Crippen molar-refractivity contribution in [3.8, 4) is 33.9 Å². The number of hydrogen-bond donors (Lipinski definition) is 1. The van der Waals surface area contributed by atoms with Crippen LogP contribution >= 0.6 is 0 Å². The highest BCUT2D eigenvalue weighted by molar-refractivity contribution is 5.88. The van der Waals surface area contributed by atoms with Crippen molar-refractivity contribution in [2.24, 2.45) is 0 Å². The molecule has 2 aliphatic rings. The molecule has 0 aliphatic carbocycles. The average Bonchev–Trinajstić information content (AvgIpc) is 3.28. The van der Waals surface area contributed by atoms with E-state index in [4.69, 9.17) is 9.47 Å². The molecule has 6 nitrogen and oxygen atoms in total. The third kappa shape index (κ3) is 3.77. The number of benzene rings is 2. The van der Waals surface area contributed by atoms with E-state index in [2.05, 4.69) is 19.9 Å². The highest BCUT2D eigenvalue weighted by Gasteiger charge is 2.28. The minimum absolute atomic E-state index is 0.199. The number of aromatic carboxylic acids is 1. The molecule has 2 aliphatic heterocycles. The molecule has 5 rings (SSSR count). The van der Waals surface area contributed by atoms with Crippen LogP contribution < -0.4 is 14.9 Å². The van der Waals surface area contributed by atoms with E-state index in [1.807, 2.05) is 28.8 Å². The summed E-state index contributed by atoms with van der Waals surface area (Å²) in [4.78, 5) is 23.7. The number of nitrogens with zero attached hydrogens (tertiary/aromatic N) is 1. The molecule has 2 aromatic carbocycles. The normalized spacial score (nSPS) is 13.1. The molecule has 0 fully saturated rings. The summed E-state index contributed by atoms with van der Waals surface area (Å²) in [5, 5.41) is 9.29. The number of aromatic nitrogens is 1. The first-order valence-electron chi connectivity index (χ1n) is 10.9. The second-order valence-electron chi connectivity index (χ2n) is 7.98. The van der Waals surface area contributed by atoms with Gasteiger partial charge < -0.3 is 19.1 Å². The average molecular weight is 434 g/mol. The zero-order valence-electron chi connectivity index (χ0n) is 18.6. The molecule has 1 N–H and O–H groups in total. The van der Waals surface area contributed by atoms with Crippen LogP contribution in [-0.2, 0) is 19.4 Å². The summed E-state index contributed by atoms with van der Waals surface area (Å²) >= 11 is 0. The molecule has 3 aromatic rings. The summed E-state index contributed by atoms with van der Waals surface area (Å²) in [6, 6.07) is 11.3. The van der Waals surface area contributed by atoms with Crippen LogP contribution in [0.15, 0.2) is 47.4 Å². The minimum Gasteiger partial charge on any atom is -0.497 e. The van der Waals surface area contributed by atoms with E-state index in [0.717, 1.165) is 46.7 Å². The van der Waals surface area contributed by atoms with E-state index in [9.17, 15) is 14.7 Å². The molecule has 0 unspecified atom stereocenters. The van der Waals surface area contributed by atoms with Gasteiger partial charge in [-0.1, -0.05) is 32.4 Å². The standard InChI is InChI=1S/C23H19NO5.C3H8/c1-28-14-4-2-3-13(9-14)17-10-18-15(16-6-8-29-22(16)17)5-7-24-12-19(23(26)27)21(25)11-20(18)24;1-3-2/h2-4,9-12H,5-8H2,1H3,(H,26,27);3H2,1-2H3. The number of carbonyl (C=O) groups is 1. The maximum Gasteiger partial charge on any atom is 0.341 e. The molecule has 166 valence electrons. The number of fused-ring (bicyclic) bond motifs is 5. The second kappa shape index (κ2) is 8.91. The van der Waals surface area contributed by atoms with Crippen LogP contribution in [0.2, 0.25) is 0 Å². The van der Waals surface area contributed by atoms with Gasteiger partial charge in [0.25, 0.3) is 0 Å². The number of pyridine rings is 1. The van der Waals surface area contributed by atoms with E-state index in [-0.39, 0.29) is 5.56 Å². The monoisotopic (exact) mass is 433 g/mol. The van der Waals surface area contributed by atoms with Gasteiger partial charge in [0.2, 0.25) is 0 Å². The van der Waals surface area contributed by atoms with Crippen molar-refractivity contribution in [1.29, 1.82) is 0 Å². The number of aryl methyl sites for hydroxylation is 1. The lowest BCUT2D eigenvalue weighted by Gasteiger charge is -2.25. The van der Waals surface area contributed by atoms with E-state index in [1.165, 1.54) is 29.8 Å². The van der Waals surface area contributed by atoms with E-state index in [1.54, 1.807) is 7.11 Å². The zero-order chi connectivity index (χ0) is 22.8. The Morgan fingerprint density at radius 3 is 2.62 bits per heavy atom. The summed E-state index contributed by atoms with van der Waals surface area (Å²) < 4.78 is 13.2. The van der Waals surface area contributed by atoms with E-state index < -0.39 is 11.4 Å². The summed E-state index contributed by atoms with van der Waals surface area (Å²) in [6.45, 7) is 5.52. The first-order chi connectivity index (χ1) is 15.5. The number of rotatable bonds is 3. The van der Waals surface area contributed by atoms with Gasteiger partial charge in [-0.25, -0.2) is 4.79 Å². The Morgan fingerprint density at radius 1 is 1.12 bits per heavy atom. The predicted octanol–water partition coefficient (Wildman–Crippen LogP) is 4.80. The molecule has 0 saturated carbocycles. The Bertz CT molecular complexity index is 1240. The maximum absolute atomic E-state index is 12.4. The number of methoxy groups -OCH3 is 1. The fraction of sp³-hybridized carbons (Fsp3) is 0.308. The lowest BCUT2D eigenvalue weighted by atomic mass is 9.87. The van der Waals surface area contributed by atoms with Gasteiger partial charge >= 0.3 is 5.97 Å². The number of carboxylic acid groups (broad SMARTS) is 1. The SMILES string of the molecule is CCC.COc1cccc(-c2cc3c(c4c2OCC4)CCn2cc(C(=O)O)c(=O)cc2-3)c1. The lowest BCUT2D eigenvalue weighted by molar-refractivity contribution is 0.0694. The third-order valence-corrected chi connectivity index (χ3v) is 5.71. The van der Waals surface area contributed by atoms with Crippen molar-refractivity contribution in [2.75, 3.05) is 13.7 Å². The molecular formula is C26H27NO5. The van der Waals surface area contributed by atoms with Gasteiger partial charge in [-0.05, 0) is 35.7 Å². The van der Waals surface area contributed by atoms with E-state index >= 15 is 0 Å². The van der Waals surface area contributed by atoms with Crippen LogP contribution in [-0.4, -0.2) is 29.4 Å². The number of carboxylic acids is 1. The second-order valence-corrected chi connectivity index (χ2v) is 7.98. The van der Waals surface area contributed by atoms with Crippen LogP contribution in [0.25, 0.3) is 22.4 Å². The quantitative estimate of drug-likeness (QED) is 0.642. The first-order valence-corrected chi connectivity index (χ1v) is 10.9. The van der Waals surface area contributed by atoms with Gasteiger partial charge in [0.05, 0.1) is 19.4 Å². The lowest BCUT2D eigenvalue weighted by Crippen LogP contribution is -2.22. The van der Waals surface area contributed by atoms with Gasteiger partial charge in [0.1, 0.15) is 17.1 Å². The largest absolute Gasteiger partial charge is 0.497 e. The van der Waals surface area contributed by atoms with Crippen LogP contribution in [0.3, 0.4) is 0 Å². The molecule has 0 bridgehead atoms. The van der Waals surface area contributed by atoms with Crippen molar-refractivity contribution in [3.05, 3.63) is 69.5 Å². The first kappa shape index (κ1) is 21.7. The topological polar surface area (TPSA) is 77.8 Å². The van der Waals surface area contributed by atoms with Crippen LogP contribution in [0.1, 0.15) is 41.8 Å². The smallest absolute Gasteiger partial charge is 0.341 e.